The van der Waals surface area contributed by atoms with Gasteiger partial charge in [0.15, 0.2) is 0 Å². The maximum absolute atomic E-state index is 12.1. The minimum Gasteiger partial charge on any atom is -0.274 e. The van der Waals surface area contributed by atoms with Crippen LogP contribution in [0.25, 0.3) is 0 Å². The molecule has 0 aliphatic carbocycles. The zero-order chi connectivity index (χ0) is 15.3. The topological polar surface area (TPSA) is 80.5 Å². The fourth-order valence-electron chi connectivity index (χ4n) is 2.42. The van der Waals surface area contributed by atoms with E-state index in [1.807, 2.05) is 6.92 Å². The molecule has 0 bridgehead atoms. The molecule has 0 saturated carbocycles. The molecule has 112 valence electrons. The third-order valence-electron chi connectivity index (χ3n) is 3.74. The Kier molecular flexibility index (Phi) is 5.85. The van der Waals surface area contributed by atoms with Crippen molar-refractivity contribution in [2.45, 2.75) is 52.9 Å². The molecule has 6 heteroatoms. The molecule has 6 nitrogen and oxygen atoms in total. The number of hydrogen-bond donors (Lipinski definition) is 0. The molecule has 0 saturated heterocycles. The molecule has 0 N–H and O–H groups in total. The van der Waals surface area contributed by atoms with Gasteiger partial charge in [-0.2, -0.15) is 0 Å². The zero-order valence-electron chi connectivity index (χ0n) is 12.3. The summed E-state index contributed by atoms with van der Waals surface area (Å²) in [6.45, 7) is 5.86. The van der Waals surface area contributed by atoms with Crippen LogP contribution in [0.15, 0.2) is 11.3 Å². The minimum atomic E-state index is -0.751. The SMILES string of the molecule is CCCCC(CC)CN1C(=O)CC(C)=C([N+](=O)[O-])C1=O. The molecule has 1 heterocycles. The van der Waals surface area contributed by atoms with E-state index < -0.39 is 16.5 Å². The lowest BCUT2D eigenvalue weighted by Gasteiger charge is -2.27. The predicted molar refractivity (Wildman–Crippen MR) is 74.3 cm³/mol. The Hall–Kier alpha value is -1.72. The Morgan fingerprint density at radius 2 is 2.00 bits per heavy atom. The average molecular weight is 282 g/mol. The maximum Gasteiger partial charge on any atom is 0.333 e. The molecule has 0 aromatic carbocycles. The number of unbranched alkanes of at least 4 members (excludes halogenated alkanes) is 1. The van der Waals surface area contributed by atoms with Crippen LogP contribution in [0, 0.1) is 16.0 Å². The largest absolute Gasteiger partial charge is 0.333 e. The second kappa shape index (κ2) is 7.17. The highest BCUT2D eigenvalue weighted by Crippen LogP contribution is 2.23. The van der Waals surface area contributed by atoms with Gasteiger partial charge in [-0.05, 0) is 19.3 Å². The van der Waals surface area contributed by atoms with Gasteiger partial charge in [-0.15, -0.1) is 0 Å². The molecular formula is C14H22N2O4. The van der Waals surface area contributed by atoms with Gasteiger partial charge in [0.25, 0.3) is 0 Å². The lowest BCUT2D eigenvalue weighted by molar-refractivity contribution is -0.421. The lowest BCUT2D eigenvalue weighted by Crippen LogP contribution is -2.45. The maximum atomic E-state index is 12.1. The van der Waals surface area contributed by atoms with Crippen LogP contribution in [0.1, 0.15) is 52.9 Å². The van der Waals surface area contributed by atoms with Crippen LogP contribution < -0.4 is 0 Å². The van der Waals surface area contributed by atoms with E-state index in [1.54, 1.807) is 0 Å². The summed E-state index contributed by atoms with van der Waals surface area (Å²) in [6, 6.07) is 0. The van der Waals surface area contributed by atoms with E-state index in [2.05, 4.69) is 6.92 Å². The first-order chi connectivity index (χ1) is 9.42. The van der Waals surface area contributed by atoms with E-state index in [-0.39, 0.29) is 23.8 Å². The first kappa shape index (κ1) is 16.3. The van der Waals surface area contributed by atoms with Gasteiger partial charge in [-0.1, -0.05) is 33.1 Å². The van der Waals surface area contributed by atoms with Gasteiger partial charge in [0, 0.05) is 12.1 Å². The quantitative estimate of drug-likeness (QED) is 0.408. The van der Waals surface area contributed by atoms with Crippen LogP contribution in [-0.2, 0) is 9.59 Å². The number of amides is 2. The Balaban J connectivity index is 2.87. The van der Waals surface area contributed by atoms with Crippen LogP contribution in [0.3, 0.4) is 0 Å². The summed E-state index contributed by atoms with van der Waals surface area (Å²) >= 11 is 0. The van der Waals surface area contributed by atoms with Crippen LogP contribution >= 0.6 is 0 Å². The van der Waals surface area contributed by atoms with Crippen molar-refractivity contribution in [3.8, 4) is 0 Å². The second-order valence-electron chi connectivity index (χ2n) is 5.29. The highest BCUT2D eigenvalue weighted by Gasteiger charge is 2.39. The molecule has 0 aromatic heterocycles. The highest BCUT2D eigenvalue weighted by atomic mass is 16.6. The molecular weight excluding hydrogens is 260 g/mol. The van der Waals surface area contributed by atoms with Gasteiger partial charge >= 0.3 is 11.6 Å². The standard InChI is InChI=1S/C14H22N2O4/c1-4-6-7-11(5-2)9-15-12(17)8-10(3)13(14(15)18)16(19)20/h11H,4-9H2,1-3H3. The molecule has 1 rings (SSSR count). The second-order valence-corrected chi connectivity index (χ2v) is 5.29. The van der Waals surface area contributed by atoms with E-state index in [9.17, 15) is 19.7 Å². The molecule has 0 fully saturated rings. The fraction of sp³-hybridized carbons (Fsp3) is 0.714. The highest BCUT2D eigenvalue weighted by molar-refractivity contribution is 6.07. The van der Waals surface area contributed by atoms with E-state index in [0.29, 0.717) is 6.54 Å². The van der Waals surface area contributed by atoms with E-state index in [0.717, 1.165) is 30.6 Å². The Labute approximate surface area is 119 Å². The number of rotatable bonds is 7. The van der Waals surface area contributed by atoms with Crippen molar-refractivity contribution < 1.29 is 14.5 Å². The molecule has 0 radical (unpaired) electrons. The van der Waals surface area contributed by atoms with Crippen molar-refractivity contribution in [2.75, 3.05) is 6.54 Å². The average Bonchev–Trinajstić information content (AvgIpc) is 2.37. The molecule has 0 aromatic rings. The predicted octanol–water partition coefficient (Wildman–Crippen LogP) is 2.51. The van der Waals surface area contributed by atoms with Crippen LogP contribution in [-0.4, -0.2) is 28.2 Å². The van der Waals surface area contributed by atoms with Crippen molar-refractivity contribution in [1.29, 1.82) is 0 Å². The van der Waals surface area contributed by atoms with Gasteiger partial charge in [0.1, 0.15) is 0 Å². The number of carbonyl (C=O) groups is 2. The molecule has 20 heavy (non-hydrogen) atoms. The van der Waals surface area contributed by atoms with Gasteiger partial charge < -0.3 is 0 Å². The van der Waals surface area contributed by atoms with Crippen molar-refractivity contribution in [3.05, 3.63) is 21.4 Å². The van der Waals surface area contributed by atoms with Crippen LogP contribution in [0.2, 0.25) is 0 Å². The normalized spacial score (nSPS) is 17.6. The van der Waals surface area contributed by atoms with Gasteiger partial charge in [0.2, 0.25) is 5.91 Å². The summed E-state index contributed by atoms with van der Waals surface area (Å²) < 4.78 is 0. The van der Waals surface area contributed by atoms with Crippen molar-refractivity contribution >= 4 is 11.8 Å². The van der Waals surface area contributed by atoms with Gasteiger partial charge in [0.05, 0.1) is 11.3 Å². The fourth-order valence-corrected chi connectivity index (χ4v) is 2.42. The van der Waals surface area contributed by atoms with E-state index in [4.69, 9.17) is 0 Å². The third-order valence-corrected chi connectivity index (χ3v) is 3.74. The van der Waals surface area contributed by atoms with Gasteiger partial charge in [-0.25, -0.2) is 0 Å². The first-order valence-corrected chi connectivity index (χ1v) is 7.11. The number of carbonyl (C=O) groups excluding carboxylic acids is 2. The van der Waals surface area contributed by atoms with E-state index >= 15 is 0 Å². The lowest BCUT2D eigenvalue weighted by atomic mass is 9.97. The number of nitrogens with zero attached hydrogens (tertiary/aromatic N) is 2. The van der Waals surface area contributed by atoms with Crippen molar-refractivity contribution in [3.63, 3.8) is 0 Å². The number of imide groups is 1. The summed E-state index contributed by atoms with van der Waals surface area (Å²) in [5.74, 6) is -0.860. The molecule has 1 unspecified atom stereocenters. The third kappa shape index (κ3) is 3.65. The molecule has 0 spiro atoms. The Bertz CT molecular complexity index is 442. The van der Waals surface area contributed by atoms with Crippen LogP contribution in [0.5, 0.6) is 0 Å². The summed E-state index contributed by atoms with van der Waals surface area (Å²) in [5, 5.41) is 10.9. The number of hydrogen-bond acceptors (Lipinski definition) is 4. The summed E-state index contributed by atoms with van der Waals surface area (Å²) in [6.07, 6.45) is 3.84. The van der Waals surface area contributed by atoms with Crippen molar-refractivity contribution in [2.24, 2.45) is 5.92 Å². The Morgan fingerprint density at radius 1 is 1.35 bits per heavy atom. The zero-order valence-corrected chi connectivity index (χ0v) is 12.3. The summed E-state index contributed by atoms with van der Waals surface area (Å²) in [5.41, 5.74) is -0.183. The van der Waals surface area contributed by atoms with Crippen molar-refractivity contribution in [1.82, 2.24) is 4.90 Å². The first-order valence-electron chi connectivity index (χ1n) is 7.11. The smallest absolute Gasteiger partial charge is 0.274 e. The minimum absolute atomic E-state index is 0.0355. The molecule has 1 aliphatic heterocycles. The summed E-state index contributed by atoms with van der Waals surface area (Å²) in [4.78, 5) is 35.4. The molecule has 1 atom stereocenters. The Morgan fingerprint density at radius 3 is 2.50 bits per heavy atom. The van der Waals surface area contributed by atoms with E-state index in [1.165, 1.54) is 6.92 Å². The number of nitro groups is 1. The summed E-state index contributed by atoms with van der Waals surface area (Å²) in [7, 11) is 0. The molecule has 2 amide bonds. The van der Waals surface area contributed by atoms with Crippen LogP contribution in [0.4, 0.5) is 0 Å². The monoisotopic (exact) mass is 282 g/mol. The van der Waals surface area contributed by atoms with Gasteiger partial charge in [-0.3, -0.25) is 24.6 Å². The molecule has 1 aliphatic rings.